The van der Waals surface area contributed by atoms with Crippen molar-refractivity contribution in [1.29, 1.82) is 0 Å². The Balaban J connectivity index is 2.13. The molecule has 1 amide bonds. The molecule has 1 aromatic rings. The number of amides is 1. The lowest BCUT2D eigenvalue weighted by molar-refractivity contribution is 0.0705. The number of aromatic nitrogens is 1. The van der Waals surface area contributed by atoms with Crippen LogP contribution in [-0.2, 0) is 0 Å². The van der Waals surface area contributed by atoms with E-state index in [0.717, 1.165) is 12.1 Å². The van der Waals surface area contributed by atoms with Gasteiger partial charge in [0.15, 0.2) is 0 Å². The normalized spacial score (nSPS) is 15.4. The van der Waals surface area contributed by atoms with Crippen molar-refractivity contribution in [1.82, 2.24) is 9.47 Å². The summed E-state index contributed by atoms with van der Waals surface area (Å²) in [6, 6.07) is 4.33. The Kier molecular flexibility index (Phi) is 4.42. The second-order valence-corrected chi connectivity index (χ2v) is 4.90. The summed E-state index contributed by atoms with van der Waals surface area (Å²) in [5, 5.41) is 9.04. The lowest BCUT2D eigenvalue weighted by atomic mass is 9.93. The van der Waals surface area contributed by atoms with Crippen LogP contribution in [0.4, 0.5) is 0 Å². The first kappa shape index (κ1) is 13.1. The third kappa shape index (κ3) is 2.58. The fourth-order valence-electron chi connectivity index (χ4n) is 2.43. The number of hydrogen-bond donors (Lipinski definition) is 1. The van der Waals surface area contributed by atoms with Gasteiger partial charge in [0.25, 0.3) is 5.91 Å². The average molecular weight is 250 g/mol. The van der Waals surface area contributed by atoms with Gasteiger partial charge >= 0.3 is 0 Å². The molecule has 100 valence electrons. The van der Waals surface area contributed by atoms with E-state index < -0.39 is 0 Å². The molecular weight excluding hydrogens is 228 g/mol. The SMILES string of the molecule is CCCN(CCO)C(=O)c1cccn1C1CCC1. The van der Waals surface area contributed by atoms with Crippen molar-refractivity contribution in [3.8, 4) is 0 Å². The van der Waals surface area contributed by atoms with Crippen molar-refractivity contribution >= 4 is 5.91 Å². The van der Waals surface area contributed by atoms with E-state index in [0.29, 0.717) is 19.1 Å². The summed E-state index contributed by atoms with van der Waals surface area (Å²) in [7, 11) is 0. The second-order valence-electron chi connectivity index (χ2n) is 4.90. The molecule has 0 spiro atoms. The molecule has 0 atom stereocenters. The van der Waals surface area contributed by atoms with Gasteiger partial charge in [0.2, 0.25) is 0 Å². The molecule has 1 fully saturated rings. The molecule has 0 aromatic carbocycles. The smallest absolute Gasteiger partial charge is 0.270 e. The molecule has 1 aromatic heterocycles. The summed E-state index contributed by atoms with van der Waals surface area (Å²) in [6.45, 7) is 3.19. The zero-order valence-electron chi connectivity index (χ0n) is 11.0. The van der Waals surface area contributed by atoms with Gasteiger partial charge < -0.3 is 14.6 Å². The number of carbonyl (C=O) groups excluding carboxylic acids is 1. The van der Waals surface area contributed by atoms with Gasteiger partial charge in [0.05, 0.1) is 6.61 Å². The summed E-state index contributed by atoms with van der Waals surface area (Å²) >= 11 is 0. The van der Waals surface area contributed by atoms with Gasteiger partial charge in [-0.2, -0.15) is 0 Å². The van der Waals surface area contributed by atoms with Crippen LogP contribution in [0.15, 0.2) is 18.3 Å². The van der Waals surface area contributed by atoms with Crippen molar-refractivity contribution in [3.05, 3.63) is 24.0 Å². The van der Waals surface area contributed by atoms with E-state index in [1.165, 1.54) is 19.3 Å². The zero-order chi connectivity index (χ0) is 13.0. The van der Waals surface area contributed by atoms with Crippen LogP contribution < -0.4 is 0 Å². The number of aliphatic hydroxyl groups excluding tert-OH is 1. The minimum absolute atomic E-state index is 0.0237. The first-order chi connectivity index (χ1) is 8.77. The molecule has 1 heterocycles. The summed E-state index contributed by atoms with van der Waals surface area (Å²) in [4.78, 5) is 14.2. The predicted octanol–water partition coefficient (Wildman–Crippen LogP) is 2.06. The Morgan fingerprint density at radius 2 is 2.28 bits per heavy atom. The maximum atomic E-state index is 12.4. The highest BCUT2D eigenvalue weighted by Crippen LogP contribution is 2.32. The maximum Gasteiger partial charge on any atom is 0.270 e. The Labute approximate surface area is 108 Å². The molecule has 0 unspecified atom stereocenters. The van der Waals surface area contributed by atoms with Crippen LogP contribution in [0.3, 0.4) is 0 Å². The standard InChI is InChI=1S/C14H22N2O2/c1-2-8-15(10-11-17)14(18)13-7-4-9-16(13)12-5-3-6-12/h4,7,9,12,17H,2-3,5-6,8,10-11H2,1H3. The van der Waals surface area contributed by atoms with Crippen LogP contribution >= 0.6 is 0 Å². The molecule has 4 nitrogen and oxygen atoms in total. The fraction of sp³-hybridized carbons (Fsp3) is 0.643. The third-order valence-electron chi connectivity index (χ3n) is 3.62. The molecule has 0 saturated heterocycles. The van der Waals surface area contributed by atoms with Crippen molar-refractivity contribution in [2.75, 3.05) is 19.7 Å². The summed E-state index contributed by atoms with van der Waals surface area (Å²) in [5.74, 6) is 0.0443. The van der Waals surface area contributed by atoms with Crippen LogP contribution in [-0.4, -0.2) is 40.2 Å². The average Bonchev–Trinajstić information content (AvgIpc) is 2.74. The van der Waals surface area contributed by atoms with Gasteiger partial charge in [0, 0.05) is 25.3 Å². The van der Waals surface area contributed by atoms with E-state index in [2.05, 4.69) is 4.57 Å². The van der Waals surface area contributed by atoms with Crippen molar-refractivity contribution in [3.63, 3.8) is 0 Å². The van der Waals surface area contributed by atoms with Crippen molar-refractivity contribution in [2.45, 2.75) is 38.6 Å². The Morgan fingerprint density at radius 3 is 2.83 bits per heavy atom. The quantitative estimate of drug-likeness (QED) is 0.840. The van der Waals surface area contributed by atoms with Crippen molar-refractivity contribution in [2.24, 2.45) is 0 Å². The van der Waals surface area contributed by atoms with Crippen LogP contribution in [0.1, 0.15) is 49.1 Å². The van der Waals surface area contributed by atoms with E-state index >= 15 is 0 Å². The number of nitrogens with zero attached hydrogens (tertiary/aromatic N) is 2. The van der Waals surface area contributed by atoms with Crippen LogP contribution in [0.25, 0.3) is 0 Å². The fourth-order valence-corrected chi connectivity index (χ4v) is 2.43. The molecule has 2 rings (SSSR count). The topological polar surface area (TPSA) is 45.5 Å². The summed E-state index contributed by atoms with van der Waals surface area (Å²) in [6.07, 6.45) is 6.51. The molecule has 0 aliphatic heterocycles. The highest BCUT2D eigenvalue weighted by molar-refractivity contribution is 5.92. The van der Waals surface area contributed by atoms with Gasteiger partial charge in [-0.3, -0.25) is 4.79 Å². The molecule has 0 bridgehead atoms. The molecule has 1 aliphatic rings. The monoisotopic (exact) mass is 250 g/mol. The molecule has 1 saturated carbocycles. The van der Waals surface area contributed by atoms with Gasteiger partial charge in [-0.25, -0.2) is 0 Å². The van der Waals surface area contributed by atoms with E-state index in [1.54, 1.807) is 4.90 Å². The first-order valence-corrected chi connectivity index (χ1v) is 6.85. The minimum atomic E-state index is 0.0237. The number of hydrogen-bond acceptors (Lipinski definition) is 2. The molecule has 4 heteroatoms. The second kappa shape index (κ2) is 6.05. The molecule has 0 radical (unpaired) electrons. The van der Waals surface area contributed by atoms with Gasteiger partial charge in [-0.15, -0.1) is 0 Å². The number of rotatable bonds is 6. The lowest BCUT2D eigenvalue weighted by Crippen LogP contribution is -2.36. The summed E-state index contributed by atoms with van der Waals surface area (Å²) in [5.41, 5.74) is 0.765. The zero-order valence-corrected chi connectivity index (χ0v) is 11.0. The Hall–Kier alpha value is -1.29. The number of carbonyl (C=O) groups is 1. The number of aliphatic hydroxyl groups is 1. The van der Waals surface area contributed by atoms with Gasteiger partial charge in [0.1, 0.15) is 5.69 Å². The lowest BCUT2D eigenvalue weighted by Gasteiger charge is -2.30. The van der Waals surface area contributed by atoms with E-state index in [9.17, 15) is 4.79 Å². The van der Waals surface area contributed by atoms with Crippen LogP contribution in [0, 0.1) is 0 Å². The van der Waals surface area contributed by atoms with Crippen molar-refractivity contribution < 1.29 is 9.90 Å². The highest BCUT2D eigenvalue weighted by atomic mass is 16.3. The Bertz CT molecular complexity index is 390. The van der Waals surface area contributed by atoms with Crippen LogP contribution in [0.2, 0.25) is 0 Å². The minimum Gasteiger partial charge on any atom is -0.395 e. The Morgan fingerprint density at radius 1 is 1.50 bits per heavy atom. The van der Waals surface area contributed by atoms with E-state index in [1.807, 2.05) is 25.3 Å². The summed E-state index contributed by atoms with van der Waals surface area (Å²) < 4.78 is 2.10. The molecular formula is C14H22N2O2. The third-order valence-corrected chi connectivity index (χ3v) is 3.62. The first-order valence-electron chi connectivity index (χ1n) is 6.85. The van der Waals surface area contributed by atoms with E-state index in [4.69, 9.17) is 5.11 Å². The molecule has 1 aliphatic carbocycles. The van der Waals surface area contributed by atoms with E-state index in [-0.39, 0.29) is 12.5 Å². The highest BCUT2D eigenvalue weighted by Gasteiger charge is 2.25. The molecule has 1 N–H and O–H groups in total. The van der Waals surface area contributed by atoms with Gasteiger partial charge in [-0.1, -0.05) is 6.92 Å². The maximum absolute atomic E-state index is 12.4. The van der Waals surface area contributed by atoms with Crippen LogP contribution in [0.5, 0.6) is 0 Å². The predicted molar refractivity (Wildman–Crippen MR) is 70.6 cm³/mol. The largest absolute Gasteiger partial charge is 0.395 e. The van der Waals surface area contributed by atoms with Gasteiger partial charge in [-0.05, 0) is 37.8 Å². The molecule has 18 heavy (non-hydrogen) atoms.